The molecule has 2 aliphatic heterocycles. The van der Waals surface area contributed by atoms with Gasteiger partial charge in [0, 0.05) is 44.0 Å². The molecule has 2 aromatic rings. The van der Waals surface area contributed by atoms with Crippen LogP contribution >= 0.6 is 0 Å². The molecule has 0 spiro atoms. The highest BCUT2D eigenvalue weighted by Crippen LogP contribution is 2.31. The van der Waals surface area contributed by atoms with Crippen molar-refractivity contribution in [3.63, 3.8) is 0 Å². The zero-order valence-corrected chi connectivity index (χ0v) is 20.5. The van der Waals surface area contributed by atoms with Crippen molar-refractivity contribution in [2.75, 3.05) is 32.1 Å². The number of carboxylic acids is 1. The van der Waals surface area contributed by atoms with Gasteiger partial charge in [0.05, 0.1) is 13.5 Å². The van der Waals surface area contributed by atoms with Gasteiger partial charge in [0.25, 0.3) is 0 Å². The fourth-order valence-electron chi connectivity index (χ4n) is 5.16. The highest BCUT2D eigenvalue weighted by atomic mass is 16.5. The maximum absolute atomic E-state index is 12.8. The van der Waals surface area contributed by atoms with E-state index in [0.717, 1.165) is 75.2 Å². The van der Waals surface area contributed by atoms with Crippen LogP contribution in [0.25, 0.3) is 0 Å². The summed E-state index contributed by atoms with van der Waals surface area (Å²) in [5.74, 6) is 1.35. The number of ether oxygens (including phenoxy) is 1. The topological polar surface area (TPSA) is 105 Å². The molecule has 2 aliphatic rings. The summed E-state index contributed by atoms with van der Waals surface area (Å²) in [4.78, 5) is 35.1. The Kier molecular flexibility index (Phi) is 8.55. The first kappa shape index (κ1) is 24.9. The Balaban J connectivity index is 1.22. The number of carbonyl (C=O) groups excluding carboxylic acids is 1. The highest BCUT2D eigenvalue weighted by Gasteiger charge is 2.25. The third kappa shape index (κ3) is 6.93. The monoisotopic (exact) mass is 480 g/mol. The van der Waals surface area contributed by atoms with Crippen molar-refractivity contribution in [3.8, 4) is 5.88 Å². The molecular formula is C27H36N4O4. The van der Waals surface area contributed by atoms with Crippen molar-refractivity contribution in [2.45, 2.75) is 63.7 Å². The number of carboxylic acid groups (broad SMARTS) is 1. The lowest BCUT2D eigenvalue weighted by Gasteiger charge is -2.32. The maximum Gasteiger partial charge on any atom is 0.303 e. The van der Waals surface area contributed by atoms with Crippen LogP contribution in [0.5, 0.6) is 5.88 Å². The smallest absolute Gasteiger partial charge is 0.303 e. The second-order valence-electron chi connectivity index (χ2n) is 9.67. The van der Waals surface area contributed by atoms with E-state index in [-0.39, 0.29) is 18.2 Å². The molecule has 0 aliphatic carbocycles. The molecule has 1 amide bonds. The van der Waals surface area contributed by atoms with E-state index in [1.54, 1.807) is 19.4 Å². The highest BCUT2D eigenvalue weighted by molar-refractivity contribution is 5.76. The number of fused-ring (bicyclic) bond motifs is 1. The fraction of sp³-hybridized carbons (Fsp3) is 0.556. The molecule has 0 radical (unpaired) electrons. The minimum atomic E-state index is -0.796. The lowest BCUT2D eigenvalue weighted by Crippen LogP contribution is -2.38. The van der Waals surface area contributed by atoms with Crippen LogP contribution in [0, 0.1) is 5.92 Å². The third-order valence-corrected chi connectivity index (χ3v) is 7.30. The molecule has 0 bridgehead atoms. The predicted molar refractivity (Wildman–Crippen MR) is 134 cm³/mol. The first-order valence-electron chi connectivity index (χ1n) is 12.7. The molecule has 4 heterocycles. The van der Waals surface area contributed by atoms with Gasteiger partial charge in [-0.05, 0) is 74.0 Å². The lowest BCUT2D eigenvalue weighted by atomic mass is 9.85. The number of aryl methyl sites for hydroxylation is 2. The van der Waals surface area contributed by atoms with Crippen molar-refractivity contribution in [3.05, 3.63) is 47.3 Å². The number of carbonyl (C=O) groups is 2. The summed E-state index contributed by atoms with van der Waals surface area (Å²) in [5.41, 5.74) is 3.17. The number of aliphatic carboxylic acids is 1. The van der Waals surface area contributed by atoms with Crippen molar-refractivity contribution >= 4 is 17.7 Å². The van der Waals surface area contributed by atoms with Gasteiger partial charge in [-0.1, -0.05) is 12.1 Å². The Labute approximate surface area is 207 Å². The molecule has 188 valence electrons. The maximum atomic E-state index is 12.8. The molecular weight excluding hydrogens is 444 g/mol. The Morgan fingerprint density at radius 1 is 1.23 bits per heavy atom. The Hall–Kier alpha value is -3.16. The number of methoxy groups -OCH3 is 1. The number of nitrogens with zero attached hydrogens (tertiary/aromatic N) is 3. The van der Waals surface area contributed by atoms with E-state index < -0.39 is 5.97 Å². The number of hydrogen-bond acceptors (Lipinski definition) is 6. The summed E-state index contributed by atoms with van der Waals surface area (Å²) < 4.78 is 5.11. The van der Waals surface area contributed by atoms with E-state index in [4.69, 9.17) is 9.72 Å². The van der Waals surface area contributed by atoms with E-state index in [1.165, 1.54) is 5.56 Å². The number of piperidine rings is 1. The van der Waals surface area contributed by atoms with Crippen molar-refractivity contribution in [1.29, 1.82) is 0 Å². The number of likely N-dealkylation sites (tertiary alicyclic amines) is 1. The third-order valence-electron chi connectivity index (χ3n) is 7.30. The number of aromatic nitrogens is 2. The van der Waals surface area contributed by atoms with Gasteiger partial charge in [-0.3, -0.25) is 9.59 Å². The molecule has 1 saturated heterocycles. The summed E-state index contributed by atoms with van der Waals surface area (Å²) in [7, 11) is 1.57. The summed E-state index contributed by atoms with van der Waals surface area (Å²) in [5, 5.41) is 12.7. The molecule has 0 aromatic carbocycles. The first-order valence-corrected chi connectivity index (χ1v) is 12.7. The van der Waals surface area contributed by atoms with Crippen molar-refractivity contribution in [2.24, 2.45) is 5.92 Å². The van der Waals surface area contributed by atoms with Gasteiger partial charge in [0.1, 0.15) is 5.82 Å². The molecule has 2 aromatic heterocycles. The molecule has 1 atom stereocenters. The van der Waals surface area contributed by atoms with E-state index in [1.807, 2.05) is 11.0 Å². The van der Waals surface area contributed by atoms with Crippen LogP contribution in [0.2, 0.25) is 0 Å². The van der Waals surface area contributed by atoms with Crippen LogP contribution in [0.3, 0.4) is 0 Å². The minimum absolute atomic E-state index is 0.0656. The van der Waals surface area contributed by atoms with E-state index in [2.05, 4.69) is 22.4 Å². The molecule has 1 unspecified atom stereocenters. The SMILES string of the molecule is COc1ccc(C(CCC2CCN(C(=O)CCc3ccc4c(n3)NCCC4)CC2)CC(=O)O)cn1. The Morgan fingerprint density at radius 3 is 2.77 bits per heavy atom. The first-order chi connectivity index (χ1) is 17.0. The normalized spacial score (nSPS) is 16.8. The van der Waals surface area contributed by atoms with E-state index >= 15 is 0 Å². The van der Waals surface area contributed by atoms with Gasteiger partial charge in [-0.15, -0.1) is 0 Å². The largest absolute Gasteiger partial charge is 0.481 e. The minimum Gasteiger partial charge on any atom is -0.481 e. The van der Waals surface area contributed by atoms with Gasteiger partial charge in [-0.2, -0.15) is 0 Å². The zero-order valence-electron chi connectivity index (χ0n) is 20.5. The molecule has 8 heteroatoms. The average molecular weight is 481 g/mol. The van der Waals surface area contributed by atoms with Crippen LogP contribution in [0.1, 0.15) is 67.7 Å². The molecule has 2 N–H and O–H groups in total. The lowest BCUT2D eigenvalue weighted by molar-refractivity contribution is -0.137. The van der Waals surface area contributed by atoms with Crippen LogP contribution in [-0.4, -0.2) is 58.6 Å². The summed E-state index contributed by atoms with van der Waals surface area (Å²) in [6.45, 7) is 2.51. The van der Waals surface area contributed by atoms with Gasteiger partial charge in [-0.25, -0.2) is 9.97 Å². The second-order valence-corrected chi connectivity index (χ2v) is 9.67. The molecule has 1 fully saturated rings. The zero-order chi connectivity index (χ0) is 24.6. The number of amides is 1. The van der Waals surface area contributed by atoms with Crippen LogP contribution in [0.4, 0.5) is 5.82 Å². The number of pyridine rings is 2. The molecule has 4 rings (SSSR count). The van der Waals surface area contributed by atoms with Crippen molar-refractivity contribution in [1.82, 2.24) is 14.9 Å². The Morgan fingerprint density at radius 2 is 2.06 bits per heavy atom. The average Bonchev–Trinajstić information content (AvgIpc) is 2.89. The van der Waals surface area contributed by atoms with E-state index in [9.17, 15) is 14.7 Å². The van der Waals surface area contributed by atoms with Crippen LogP contribution in [0.15, 0.2) is 30.5 Å². The van der Waals surface area contributed by atoms with Crippen LogP contribution < -0.4 is 10.1 Å². The number of rotatable bonds is 10. The van der Waals surface area contributed by atoms with Gasteiger partial charge in [0.15, 0.2) is 0 Å². The van der Waals surface area contributed by atoms with Gasteiger partial charge >= 0.3 is 5.97 Å². The quantitative estimate of drug-likeness (QED) is 0.528. The van der Waals surface area contributed by atoms with E-state index in [0.29, 0.717) is 24.6 Å². The fourth-order valence-corrected chi connectivity index (χ4v) is 5.16. The second kappa shape index (κ2) is 12.0. The predicted octanol–water partition coefficient (Wildman–Crippen LogP) is 4.05. The van der Waals surface area contributed by atoms with Crippen LogP contribution in [-0.2, 0) is 22.4 Å². The van der Waals surface area contributed by atoms with Gasteiger partial charge < -0.3 is 20.1 Å². The molecule has 0 saturated carbocycles. The summed E-state index contributed by atoms with van der Waals surface area (Å²) >= 11 is 0. The Bertz CT molecular complexity index is 1000. The summed E-state index contributed by atoms with van der Waals surface area (Å²) in [6.07, 6.45) is 8.87. The number of hydrogen-bond donors (Lipinski definition) is 2. The van der Waals surface area contributed by atoms with Crippen molar-refractivity contribution < 1.29 is 19.4 Å². The van der Waals surface area contributed by atoms with Gasteiger partial charge in [0.2, 0.25) is 11.8 Å². The molecule has 8 nitrogen and oxygen atoms in total. The number of anilines is 1. The summed E-state index contributed by atoms with van der Waals surface area (Å²) in [6, 6.07) is 7.88. The number of nitrogens with one attached hydrogen (secondary N) is 1. The standard InChI is InChI=1S/C27H36N4O4/c1-35-24-10-7-22(18-29-24)21(17-26(33)34)5-4-19-12-15-31(16-13-19)25(32)11-9-23-8-6-20-3-2-14-28-27(20)30-23/h6-8,10,18-19,21H,2-5,9,11-17H2,1H3,(H,28,30)(H,33,34). The molecule has 35 heavy (non-hydrogen) atoms.